The van der Waals surface area contributed by atoms with E-state index < -0.39 is 0 Å². The van der Waals surface area contributed by atoms with E-state index in [9.17, 15) is 0 Å². The summed E-state index contributed by atoms with van der Waals surface area (Å²) in [5.41, 5.74) is 10.7. The molecule has 0 bridgehead atoms. The van der Waals surface area contributed by atoms with Crippen LogP contribution in [0.25, 0.3) is 0 Å². The number of hydrazone groups is 1. The summed E-state index contributed by atoms with van der Waals surface area (Å²) in [6, 6.07) is 0. The molecule has 0 atom stereocenters. The summed E-state index contributed by atoms with van der Waals surface area (Å²) in [6.07, 6.45) is 3.64. The lowest BCUT2D eigenvalue weighted by Gasteiger charge is -2.28. The molecule has 0 spiro atoms. The van der Waals surface area contributed by atoms with Crippen LogP contribution in [0.4, 0.5) is 0 Å². The Bertz CT molecular complexity index is 126. The highest BCUT2D eigenvalue weighted by molar-refractivity contribution is 5.50. The third-order valence-electron chi connectivity index (χ3n) is 2.15. The normalized spacial score (nSPS) is 21.4. The van der Waals surface area contributed by atoms with Gasteiger partial charge in [0, 0.05) is 13.1 Å². The lowest BCUT2D eigenvalue weighted by atomic mass is 9.98. The van der Waals surface area contributed by atoms with E-state index in [1.54, 1.807) is 0 Å². The summed E-state index contributed by atoms with van der Waals surface area (Å²) in [6.45, 7) is 2.80. The molecule has 0 amide bonds. The van der Waals surface area contributed by atoms with E-state index in [1.807, 2.05) is 5.01 Å². The van der Waals surface area contributed by atoms with E-state index in [0.29, 0.717) is 5.92 Å². The van der Waals surface area contributed by atoms with Gasteiger partial charge in [-0.2, -0.15) is 5.10 Å². The van der Waals surface area contributed by atoms with Gasteiger partial charge in [-0.1, -0.05) is 0 Å². The van der Waals surface area contributed by atoms with Crippen LogP contribution in [0.3, 0.4) is 0 Å². The summed E-state index contributed by atoms with van der Waals surface area (Å²) >= 11 is 0. The molecule has 1 saturated heterocycles. The van der Waals surface area contributed by atoms with Crippen LogP contribution in [0.5, 0.6) is 0 Å². The molecule has 0 aliphatic carbocycles. The van der Waals surface area contributed by atoms with Crippen LogP contribution in [0.2, 0.25) is 0 Å². The van der Waals surface area contributed by atoms with Gasteiger partial charge in [-0.25, -0.2) is 0 Å². The predicted molar refractivity (Wildman–Crippen MR) is 46.0 cm³/mol. The summed E-state index contributed by atoms with van der Waals surface area (Å²) in [4.78, 5) is 0. The topological polar surface area (TPSA) is 67.6 Å². The van der Waals surface area contributed by atoms with Crippen molar-refractivity contribution in [3.8, 4) is 0 Å². The second-order valence-electron chi connectivity index (χ2n) is 2.90. The van der Waals surface area contributed by atoms with Crippen molar-refractivity contribution in [3.05, 3.63) is 0 Å². The first kappa shape index (κ1) is 8.33. The molecule has 11 heavy (non-hydrogen) atoms. The van der Waals surface area contributed by atoms with Gasteiger partial charge in [0.15, 0.2) is 0 Å². The fourth-order valence-corrected chi connectivity index (χ4v) is 1.36. The average molecular weight is 156 g/mol. The first-order valence-corrected chi connectivity index (χ1v) is 4.06. The van der Waals surface area contributed by atoms with Crippen LogP contribution in [0.15, 0.2) is 5.10 Å². The molecule has 0 unspecified atom stereocenters. The van der Waals surface area contributed by atoms with Gasteiger partial charge in [-0.15, -0.1) is 0 Å². The van der Waals surface area contributed by atoms with Crippen LogP contribution in [0.1, 0.15) is 12.8 Å². The van der Waals surface area contributed by atoms with Gasteiger partial charge in [0.05, 0.1) is 0 Å². The molecule has 1 aliphatic rings. The fourth-order valence-electron chi connectivity index (χ4n) is 1.36. The number of hydrogen-bond donors (Lipinski definition) is 2. The van der Waals surface area contributed by atoms with Crippen LogP contribution >= 0.6 is 0 Å². The van der Waals surface area contributed by atoms with Gasteiger partial charge >= 0.3 is 0 Å². The number of nitrogens with zero attached hydrogens (tertiary/aromatic N) is 2. The molecule has 0 aromatic rings. The summed E-state index contributed by atoms with van der Waals surface area (Å²) in [7, 11) is 0. The molecule has 4 nitrogen and oxygen atoms in total. The van der Waals surface area contributed by atoms with Crippen molar-refractivity contribution >= 4 is 6.34 Å². The summed E-state index contributed by atoms with van der Waals surface area (Å²) in [5.74, 6) is 0.694. The van der Waals surface area contributed by atoms with E-state index >= 15 is 0 Å². The molecule has 0 aromatic carbocycles. The Morgan fingerprint density at radius 1 is 1.45 bits per heavy atom. The lowest BCUT2D eigenvalue weighted by molar-refractivity contribution is 0.195. The van der Waals surface area contributed by atoms with Crippen LogP contribution in [-0.2, 0) is 0 Å². The van der Waals surface area contributed by atoms with Gasteiger partial charge < -0.3 is 11.5 Å². The minimum atomic E-state index is 0.694. The largest absolute Gasteiger partial charge is 0.388 e. The Balaban J connectivity index is 2.24. The Morgan fingerprint density at radius 2 is 2.09 bits per heavy atom. The standard InChI is InChI=1S/C7H16N4/c8-5-7-1-3-11(4-2-7)10-6-9/h6-7H,1-5,8H2,(H2,9,10). The molecular formula is C7H16N4. The molecule has 1 aliphatic heterocycles. The van der Waals surface area contributed by atoms with E-state index in [4.69, 9.17) is 11.5 Å². The Morgan fingerprint density at radius 3 is 2.55 bits per heavy atom. The van der Waals surface area contributed by atoms with Gasteiger partial charge in [0.1, 0.15) is 6.34 Å². The zero-order chi connectivity index (χ0) is 8.10. The van der Waals surface area contributed by atoms with Crippen LogP contribution in [0, 0.1) is 5.92 Å². The minimum absolute atomic E-state index is 0.694. The quantitative estimate of drug-likeness (QED) is 0.420. The first-order chi connectivity index (χ1) is 5.36. The molecular weight excluding hydrogens is 140 g/mol. The SMILES string of the molecule is NC=NN1CCC(CN)CC1. The van der Waals surface area contributed by atoms with Gasteiger partial charge in [-0.05, 0) is 25.3 Å². The van der Waals surface area contributed by atoms with E-state index in [-0.39, 0.29) is 0 Å². The Kier molecular flexibility index (Phi) is 3.16. The second kappa shape index (κ2) is 4.18. The maximum atomic E-state index is 5.54. The molecule has 0 aromatic heterocycles. The van der Waals surface area contributed by atoms with Crippen LogP contribution < -0.4 is 11.5 Å². The maximum Gasteiger partial charge on any atom is 0.106 e. The van der Waals surface area contributed by atoms with Crippen molar-refractivity contribution in [2.24, 2.45) is 22.5 Å². The monoisotopic (exact) mass is 156 g/mol. The smallest absolute Gasteiger partial charge is 0.106 e. The highest BCUT2D eigenvalue weighted by atomic mass is 15.5. The lowest BCUT2D eigenvalue weighted by Crippen LogP contribution is -2.33. The fraction of sp³-hybridized carbons (Fsp3) is 0.857. The number of rotatable bonds is 2. The number of hydrogen-bond acceptors (Lipinski definition) is 3. The zero-order valence-corrected chi connectivity index (χ0v) is 6.74. The second-order valence-corrected chi connectivity index (χ2v) is 2.90. The van der Waals surface area contributed by atoms with Crippen molar-refractivity contribution in [3.63, 3.8) is 0 Å². The van der Waals surface area contributed by atoms with E-state index in [2.05, 4.69) is 5.10 Å². The van der Waals surface area contributed by atoms with E-state index in [0.717, 1.165) is 32.5 Å². The molecule has 1 fully saturated rings. The molecule has 1 heterocycles. The van der Waals surface area contributed by atoms with Crippen molar-refractivity contribution in [2.75, 3.05) is 19.6 Å². The summed E-state index contributed by atoms with van der Waals surface area (Å²) < 4.78 is 0. The van der Waals surface area contributed by atoms with Crippen molar-refractivity contribution in [1.82, 2.24) is 5.01 Å². The third kappa shape index (κ3) is 2.38. The predicted octanol–water partition coefficient (Wildman–Crippen LogP) is -0.441. The Hall–Kier alpha value is -0.770. The van der Waals surface area contributed by atoms with Crippen molar-refractivity contribution in [1.29, 1.82) is 0 Å². The van der Waals surface area contributed by atoms with Gasteiger partial charge in [0.2, 0.25) is 0 Å². The average Bonchev–Trinajstić information content (AvgIpc) is 2.07. The van der Waals surface area contributed by atoms with Crippen molar-refractivity contribution in [2.45, 2.75) is 12.8 Å². The summed E-state index contributed by atoms with van der Waals surface area (Å²) in [5, 5.41) is 5.99. The highest BCUT2D eigenvalue weighted by Crippen LogP contribution is 2.15. The first-order valence-electron chi connectivity index (χ1n) is 4.06. The molecule has 0 saturated carbocycles. The molecule has 0 radical (unpaired) electrons. The van der Waals surface area contributed by atoms with E-state index in [1.165, 1.54) is 6.34 Å². The molecule has 4 N–H and O–H groups in total. The van der Waals surface area contributed by atoms with Crippen LogP contribution in [-0.4, -0.2) is 31.0 Å². The molecule has 1 rings (SSSR count). The highest BCUT2D eigenvalue weighted by Gasteiger charge is 2.15. The Labute approximate surface area is 67.2 Å². The third-order valence-corrected chi connectivity index (χ3v) is 2.15. The van der Waals surface area contributed by atoms with Gasteiger partial charge in [-0.3, -0.25) is 5.01 Å². The molecule has 4 heteroatoms. The molecule has 64 valence electrons. The zero-order valence-electron chi connectivity index (χ0n) is 6.74. The number of nitrogens with two attached hydrogens (primary N) is 2. The number of piperidine rings is 1. The van der Waals surface area contributed by atoms with Gasteiger partial charge in [0.25, 0.3) is 0 Å². The van der Waals surface area contributed by atoms with Crippen molar-refractivity contribution < 1.29 is 0 Å². The maximum absolute atomic E-state index is 5.54. The minimum Gasteiger partial charge on any atom is -0.388 e.